The molecule has 0 aromatic carbocycles. The lowest BCUT2D eigenvalue weighted by molar-refractivity contribution is -0.150. The van der Waals surface area contributed by atoms with Crippen LogP contribution in [0, 0.1) is 11.3 Å². The molecule has 1 aromatic rings. The van der Waals surface area contributed by atoms with Crippen LogP contribution < -0.4 is 0 Å². The second-order valence-electron chi connectivity index (χ2n) is 9.08. The van der Waals surface area contributed by atoms with Crippen molar-refractivity contribution in [1.29, 1.82) is 0 Å². The average Bonchev–Trinajstić information content (AvgIpc) is 3.22. The number of hydrogen-bond donors (Lipinski definition) is 0. The highest BCUT2D eigenvalue weighted by atomic mass is 32.2. The first-order chi connectivity index (χ1) is 14.3. The lowest BCUT2D eigenvalue weighted by atomic mass is 9.67. The first-order valence-corrected chi connectivity index (χ1v) is 12.7. The minimum absolute atomic E-state index is 0.0255. The Bertz CT molecular complexity index is 792. The Morgan fingerprint density at radius 3 is 2.83 bits per heavy atom. The van der Waals surface area contributed by atoms with E-state index in [1.165, 1.54) is 0 Å². The van der Waals surface area contributed by atoms with Gasteiger partial charge in [0.1, 0.15) is 5.76 Å². The van der Waals surface area contributed by atoms with Crippen LogP contribution in [0.15, 0.2) is 22.8 Å². The first-order valence-electron chi connectivity index (χ1n) is 11.1. The number of furan rings is 1. The molecule has 1 saturated heterocycles. The second-order valence-corrected chi connectivity index (χ2v) is 11.1. The molecule has 0 bridgehead atoms. The van der Waals surface area contributed by atoms with E-state index in [-0.39, 0.29) is 17.7 Å². The second kappa shape index (κ2) is 9.83. The summed E-state index contributed by atoms with van der Waals surface area (Å²) in [4.78, 5) is 16.0. The van der Waals surface area contributed by atoms with Crippen molar-refractivity contribution >= 4 is 15.9 Å². The fourth-order valence-corrected chi connectivity index (χ4v) is 6.86. The number of fused-ring (bicyclic) bond motifs is 1. The summed E-state index contributed by atoms with van der Waals surface area (Å²) in [5.74, 6) is 1.34. The van der Waals surface area contributed by atoms with Crippen molar-refractivity contribution in [3.05, 3.63) is 24.2 Å². The number of amides is 1. The van der Waals surface area contributed by atoms with E-state index >= 15 is 0 Å². The molecule has 2 fully saturated rings. The van der Waals surface area contributed by atoms with Gasteiger partial charge in [-0.2, -0.15) is 4.31 Å². The molecule has 2 heterocycles. The van der Waals surface area contributed by atoms with Gasteiger partial charge in [-0.1, -0.05) is 26.7 Å². The van der Waals surface area contributed by atoms with Gasteiger partial charge in [-0.25, -0.2) is 8.42 Å². The van der Waals surface area contributed by atoms with Gasteiger partial charge in [-0.3, -0.25) is 4.79 Å². The number of rotatable bonds is 9. The predicted molar refractivity (Wildman–Crippen MR) is 115 cm³/mol. The largest absolute Gasteiger partial charge is 0.467 e. The number of hydrogen-bond acceptors (Lipinski definition) is 5. The number of sulfonamides is 1. The monoisotopic (exact) mass is 440 g/mol. The Hall–Kier alpha value is -1.38. The predicted octanol–water partition coefficient (Wildman–Crippen LogP) is 3.27. The molecule has 170 valence electrons. The highest BCUT2D eigenvalue weighted by Crippen LogP contribution is 2.48. The van der Waals surface area contributed by atoms with E-state index in [0.717, 1.165) is 37.9 Å². The van der Waals surface area contributed by atoms with Crippen molar-refractivity contribution in [2.75, 3.05) is 32.6 Å². The molecule has 1 saturated carbocycles. The van der Waals surface area contributed by atoms with E-state index in [1.807, 2.05) is 17.0 Å². The van der Waals surface area contributed by atoms with Crippen LogP contribution in [0.1, 0.15) is 58.1 Å². The molecule has 7 nitrogen and oxygen atoms in total. The van der Waals surface area contributed by atoms with Crippen LogP contribution in [-0.2, 0) is 26.1 Å². The molecule has 2 atom stereocenters. The number of methoxy groups -OCH3 is 1. The molecular formula is C22H36N2O5S. The Balaban J connectivity index is 1.91. The van der Waals surface area contributed by atoms with Crippen LogP contribution in [0.4, 0.5) is 0 Å². The lowest BCUT2D eigenvalue weighted by Crippen LogP contribution is -2.63. The minimum atomic E-state index is -3.38. The van der Waals surface area contributed by atoms with Crippen molar-refractivity contribution in [3.8, 4) is 0 Å². The fourth-order valence-electron chi connectivity index (χ4n) is 4.96. The maximum absolute atomic E-state index is 14.1. The summed E-state index contributed by atoms with van der Waals surface area (Å²) in [6.07, 6.45) is 6.31. The highest BCUT2D eigenvalue weighted by Gasteiger charge is 2.56. The molecule has 1 aliphatic heterocycles. The molecule has 8 heteroatoms. The van der Waals surface area contributed by atoms with Gasteiger partial charge in [0.2, 0.25) is 15.9 Å². The van der Waals surface area contributed by atoms with Gasteiger partial charge in [0.25, 0.3) is 0 Å². The van der Waals surface area contributed by atoms with Crippen molar-refractivity contribution in [1.82, 2.24) is 9.21 Å². The van der Waals surface area contributed by atoms with Gasteiger partial charge < -0.3 is 14.1 Å². The quantitative estimate of drug-likeness (QED) is 0.589. The molecule has 1 aliphatic carbocycles. The Morgan fingerprint density at radius 1 is 1.37 bits per heavy atom. The Morgan fingerprint density at radius 2 is 2.17 bits per heavy atom. The first kappa shape index (κ1) is 23.3. The summed E-state index contributed by atoms with van der Waals surface area (Å²) in [6.45, 7) is 6.02. The molecule has 0 N–H and O–H groups in total. The van der Waals surface area contributed by atoms with Crippen molar-refractivity contribution in [3.63, 3.8) is 0 Å². The SMILES string of the molecule is COCCN1[C@@H]2CCCC[C@@]2(C(=O)N(CCC(C)C)Cc2ccco2)CCS1(=O)=O. The summed E-state index contributed by atoms with van der Waals surface area (Å²) in [5.41, 5.74) is -0.652. The maximum atomic E-state index is 14.1. The average molecular weight is 441 g/mol. The zero-order chi connectivity index (χ0) is 21.8. The smallest absolute Gasteiger partial charge is 0.230 e. The van der Waals surface area contributed by atoms with Crippen LogP contribution in [0.5, 0.6) is 0 Å². The minimum Gasteiger partial charge on any atom is -0.467 e. The van der Waals surface area contributed by atoms with Crippen molar-refractivity contribution in [2.24, 2.45) is 11.3 Å². The number of carbonyl (C=O) groups excluding carboxylic acids is 1. The summed E-state index contributed by atoms with van der Waals surface area (Å²) in [5, 5.41) is 0. The van der Waals surface area contributed by atoms with Gasteiger partial charge >= 0.3 is 0 Å². The molecule has 30 heavy (non-hydrogen) atoms. The van der Waals surface area contributed by atoms with E-state index in [4.69, 9.17) is 9.15 Å². The zero-order valence-corrected chi connectivity index (χ0v) is 19.3. The molecule has 2 aliphatic rings. The van der Waals surface area contributed by atoms with E-state index < -0.39 is 15.4 Å². The molecular weight excluding hydrogens is 404 g/mol. The van der Waals surface area contributed by atoms with Gasteiger partial charge in [-0.15, -0.1) is 0 Å². The number of ether oxygens (including phenoxy) is 1. The third-order valence-electron chi connectivity index (χ3n) is 6.63. The topological polar surface area (TPSA) is 80.1 Å². The van der Waals surface area contributed by atoms with E-state index in [2.05, 4.69) is 13.8 Å². The molecule has 3 rings (SSSR count). The molecule has 1 aromatic heterocycles. The standard InChI is InChI=1S/C22H36N2O5S/c1-18(2)9-12-23(17-19-7-6-14-29-19)21(25)22-10-5-4-8-20(22)24(13-15-28-3)30(26,27)16-11-22/h6-7,14,18,20H,4-5,8-13,15-17H2,1-3H3/t20-,22-/m1/s1. The van der Waals surface area contributed by atoms with E-state index in [1.54, 1.807) is 17.7 Å². The summed E-state index contributed by atoms with van der Waals surface area (Å²) in [7, 11) is -1.80. The van der Waals surface area contributed by atoms with Gasteiger partial charge in [0.15, 0.2) is 0 Å². The fraction of sp³-hybridized carbons (Fsp3) is 0.773. The van der Waals surface area contributed by atoms with Crippen molar-refractivity contribution < 1.29 is 22.4 Å². The maximum Gasteiger partial charge on any atom is 0.230 e. The van der Waals surface area contributed by atoms with Crippen LogP contribution in [0.25, 0.3) is 0 Å². The Kier molecular flexibility index (Phi) is 7.63. The molecule has 1 amide bonds. The van der Waals surface area contributed by atoms with E-state index in [9.17, 15) is 13.2 Å². The summed E-state index contributed by atoms with van der Waals surface area (Å²) < 4.78 is 38.0. The van der Waals surface area contributed by atoms with Gasteiger partial charge in [0.05, 0.1) is 30.6 Å². The number of nitrogens with zero attached hydrogens (tertiary/aromatic N) is 2. The van der Waals surface area contributed by atoms with Crippen LogP contribution in [-0.4, -0.2) is 62.1 Å². The van der Waals surface area contributed by atoms with Crippen LogP contribution in [0.2, 0.25) is 0 Å². The molecule has 0 radical (unpaired) electrons. The normalized spacial score (nSPS) is 26.5. The van der Waals surface area contributed by atoms with E-state index in [0.29, 0.717) is 38.6 Å². The third kappa shape index (κ3) is 4.92. The summed E-state index contributed by atoms with van der Waals surface area (Å²) >= 11 is 0. The lowest BCUT2D eigenvalue weighted by Gasteiger charge is -2.52. The Labute approximate surface area is 180 Å². The molecule has 0 spiro atoms. The highest BCUT2D eigenvalue weighted by molar-refractivity contribution is 7.89. The van der Waals surface area contributed by atoms with Crippen molar-refractivity contribution in [2.45, 2.75) is 65.0 Å². The number of carbonyl (C=O) groups is 1. The summed E-state index contributed by atoms with van der Waals surface area (Å²) in [6, 6.07) is 3.44. The molecule has 0 unspecified atom stereocenters. The third-order valence-corrected chi connectivity index (χ3v) is 8.50. The van der Waals surface area contributed by atoms with Gasteiger partial charge in [0, 0.05) is 26.2 Å². The van der Waals surface area contributed by atoms with Crippen LogP contribution in [0.3, 0.4) is 0 Å². The van der Waals surface area contributed by atoms with Gasteiger partial charge in [-0.05, 0) is 43.7 Å². The zero-order valence-electron chi connectivity index (χ0n) is 18.5. The van der Waals surface area contributed by atoms with Crippen LogP contribution >= 0.6 is 0 Å².